The van der Waals surface area contributed by atoms with Crippen LogP contribution < -0.4 is 5.32 Å². The van der Waals surface area contributed by atoms with E-state index in [0.29, 0.717) is 24.7 Å². The molecule has 6 nitrogen and oxygen atoms in total. The molecule has 0 aliphatic rings. The monoisotopic (exact) mass is 276 g/mol. The van der Waals surface area contributed by atoms with E-state index in [-0.39, 0.29) is 5.75 Å². The number of nitrogens with one attached hydrogen (secondary N) is 1. The molecule has 0 unspecified atom stereocenters. The van der Waals surface area contributed by atoms with Gasteiger partial charge in [-0.25, -0.2) is 13.4 Å². The summed E-state index contributed by atoms with van der Waals surface area (Å²) >= 11 is 0. The number of ether oxygens (including phenoxy) is 1. The second-order valence-electron chi connectivity index (χ2n) is 4.14. The Morgan fingerprint density at radius 2 is 2.22 bits per heavy atom. The highest BCUT2D eigenvalue weighted by Gasteiger charge is 2.09. The van der Waals surface area contributed by atoms with E-state index in [1.165, 1.54) is 12.5 Å². The Hall–Kier alpha value is -0.920. The molecule has 0 fully saturated rings. The van der Waals surface area contributed by atoms with E-state index in [1.54, 1.807) is 7.11 Å². The summed E-state index contributed by atoms with van der Waals surface area (Å²) in [5, 5.41) is 3.21. The summed E-state index contributed by atoms with van der Waals surface area (Å²) in [7, 11) is -1.39. The molecule has 0 radical (unpaired) electrons. The average molecular weight is 276 g/mol. The first kappa shape index (κ1) is 15.1. The first-order valence-electron chi connectivity index (χ1n) is 5.82. The molecule has 0 aliphatic heterocycles. The second kappa shape index (κ2) is 7.50. The van der Waals surface area contributed by atoms with Crippen molar-refractivity contribution in [2.75, 3.05) is 33.1 Å². The zero-order valence-corrected chi connectivity index (χ0v) is 11.6. The van der Waals surface area contributed by atoms with Crippen LogP contribution in [0.25, 0.3) is 0 Å². The zero-order chi connectivity index (χ0) is 13.4. The van der Waals surface area contributed by atoms with Gasteiger partial charge in [0.05, 0.1) is 12.8 Å². The van der Waals surface area contributed by atoms with Crippen molar-refractivity contribution in [3.63, 3.8) is 0 Å². The Bertz CT molecular complexity index is 442. The quantitative estimate of drug-likeness (QED) is 0.657. The van der Waals surface area contributed by atoms with Gasteiger partial charge in [-0.2, -0.15) is 0 Å². The van der Waals surface area contributed by atoms with Crippen molar-refractivity contribution in [3.05, 3.63) is 17.8 Å². The Labute approximate surface area is 108 Å². The summed E-state index contributed by atoms with van der Waals surface area (Å²) in [6, 6.07) is 0. The predicted molar refractivity (Wildman–Crippen MR) is 68.1 cm³/mol. The van der Waals surface area contributed by atoms with E-state index >= 15 is 0 Å². The number of aromatic nitrogens is 1. The Morgan fingerprint density at radius 3 is 2.89 bits per heavy atom. The van der Waals surface area contributed by atoms with Crippen molar-refractivity contribution < 1.29 is 17.6 Å². The van der Waals surface area contributed by atoms with Crippen molar-refractivity contribution in [1.82, 2.24) is 10.3 Å². The maximum absolute atomic E-state index is 11.1. The molecular weight excluding hydrogens is 256 g/mol. The molecule has 0 bridgehead atoms. The Morgan fingerprint density at radius 1 is 1.44 bits per heavy atom. The van der Waals surface area contributed by atoms with Crippen LogP contribution in [0.2, 0.25) is 0 Å². The number of methoxy groups -OCH3 is 1. The summed E-state index contributed by atoms with van der Waals surface area (Å²) in [4.78, 5) is 4.05. The van der Waals surface area contributed by atoms with Gasteiger partial charge in [0.25, 0.3) is 0 Å². The van der Waals surface area contributed by atoms with E-state index in [0.717, 1.165) is 19.5 Å². The molecule has 1 heterocycles. The maximum Gasteiger partial charge on any atom is 0.194 e. The molecule has 0 aromatic carbocycles. The number of sulfone groups is 1. The van der Waals surface area contributed by atoms with Crippen LogP contribution in [0.4, 0.5) is 0 Å². The standard InChI is InChI=1S/C11H20N2O4S/c1-16-7-6-12-5-3-4-11-13-8-10(17-11)9-18(2,14)15/h8,12H,3-7,9H2,1-2H3. The van der Waals surface area contributed by atoms with Crippen molar-refractivity contribution in [1.29, 1.82) is 0 Å². The van der Waals surface area contributed by atoms with Crippen molar-refractivity contribution in [2.24, 2.45) is 0 Å². The summed E-state index contributed by atoms with van der Waals surface area (Å²) in [5.74, 6) is 0.897. The van der Waals surface area contributed by atoms with Crippen LogP contribution >= 0.6 is 0 Å². The lowest BCUT2D eigenvalue weighted by Crippen LogP contribution is -2.20. The van der Waals surface area contributed by atoms with E-state index in [1.807, 2.05) is 0 Å². The van der Waals surface area contributed by atoms with E-state index < -0.39 is 9.84 Å². The molecule has 1 N–H and O–H groups in total. The molecule has 18 heavy (non-hydrogen) atoms. The molecule has 0 atom stereocenters. The van der Waals surface area contributed by atoms with E-state index in [2.05, 4.69) is 10.3 Å². The van der Waals surface area contributed by atoms with Gasteiger partial charge in [0.15, 0.2) is 15.7 Å². The molecule has 104 valence electrons. The summed E-state index contributed by atoms with van der Waals surface area (Å²) in [6.45, 7) is 2.37. The van der Waals surface area contributed by atoms with Gasteiger partial charge in [0.2, 0.25) is 0 Å². The van der Waals surface area contributed by atoms with Crippen molar-refractivity contribution in [3.8, 4) is 0 Å². The van der Waals surface area contributed by atoms with Crippen LogP contribution in [0.15, 0.2) is 10.6 Å². The van der Waals surface area contributed by atoms with Crippen molar-refractivity contribution >= 4 is 9.84 Å². The van der Waals surface area contributed by atoms with Gasteiger partial charge >= 0.3 is 0 Å². The van der Waals surface area contributed by atoms with Gasteiger partial charge in [0.1, 0.15) is 11.5 Å². The molecule has 0 amide bonds. The predicted octanol–water partition coefficient (Wildman–Crippen LogP) is 0.388. The van der Waals surface area contributed by atoms with Gasteiger partial charge in [-0.3, -0.25) is 0 Å². The normalized spacial score (nSPS) is 11.9. The number of rotatable bonds is 9. The van der Waals surface area contributed by atoms with Crippen LogP contribution in [0.1, 0.15) is 18.1 Å². The van der Waals surface area contributed by atoms with Gasteiger partial charge in [-0.15, -0.1) is 0 Å². The second-order valence-corrected chi connectivity index (χ2v) is 6.28. The lowest BCUT2D eigenvalue weighted by atomic mass is 10.3. The first-order valence-corrected chi connectivity index (χ1v) is 7.88. The zero-order valence-electron chi connectivity index (χ0n) is 10.8. The Balaban J connectivity index is 2.23. The fraction of sp³-hybridized carbons (Fsp3) is 0.727. The van der Waals surface area contributed by atoms with Crippen molar-refractivity contribution in [2.45, 2.75) is 18.6 Å². The molecule has 0 saturated heterocycles. The Kier molecular flexibility index (Phi) is 6.31. The molecule has 0 aliphatic carbocycles. The highest BCUT2D eigenvalue weighted by molar-refractivity contribution is 7.89. The molecule has 0 saturated carbocycles. The lowest BCUT2D eigenvalue weighted by Gasteiger charge is -2.01. The van der Waals surface area contributed by atoms with Crippen LogP contribution in [0.3, 0.4) is 0 Å². The molecule has 1 rings (SSSR count). The summed E-state index contributed by atoms with van der Waals surface area (Å²) < 4.78 is 32.4. The molecule has 1 aromatic heterocycles. The number of hydrogen-bond donors (Lipinski definition) is 1. The SMILES string of the molecule is COCCNCCCc1ncc(CS(C)(=O)=O)o1. The number of aryl methyl sites for hydroxylation is 1. The third-order valence-electron chi connectivity index (χ3n) is 2.23. The summed E-state index contributed by atoms with van der Waals surface area (Å²) in [5.41, 5.74) is 0. The maximum atomic E-state index is 11.1. The lowest BCUT2D eigenvalue weighted by molar-refractivity contribution is 0.199. The molecular formula is C11H20N2O4S. The van der Waals surface area contributed by atoms with Crippen LogP contribution in [-0.2, 0) is 26.7 Å². The minimum Gasteiger partial charge on any atom is -0.445 e. The number of hydrogen-bond acceptors (Lipinski definition) is 6. The van der Waals surface area contributed by atoms with Crippen LogP contribution in [0, 0.1) is 0 Å². The van der Waals surface area contributed by atoms with Crippen LogP contribution in [-0.4, -0.2) is 46.5 Å². The van der Waals surface area contributed by atoms with E-state index in [4.69, 9.17) is 9.15 Å². The number of oxazole rings is 1. The fourth-order valence-electron chi connectivity index (χ4n) is 1.45. The largest absolute Gasteiger partial charge is 0.445 e. The highest BCUT2D eigenvalue weighted by atomic mass is 32.2. The van der Waals surface area contributed by atoms with Gasteiger partial charge in [0, 0.05) is 26.3 Å². The smallest absolute Gasteiger partial charge is 0.194 e. The fourth-order valence-corrected chi connectivity index (χ4v) is 2.10. The minimum atomic E-state index is -3.06. The third-order valence-corrected chi connectivity index (χ3v) is 3.04. The molecule has 7 heteroatoms. The number of nitrogens with zero attached hydrogens (tertiary/aromatic N) is 1. The first-order chi connectivity index (χ1) is 8.51. The third kappa shape index (κ3) is 6.73. The van der Waals surface area contributed by atoms with Crippen LogP contribution in [0.5, 0.6) is 0 Å². The molecule has 0 spiro atoms. The van der Waals surface area contributed by atoms with Gasteiger partial charge < -0.3 is 14.5 Å². The minimum absolute atomic E-state index is 0.0912. The van der Waals surface area contributed by atoms with Gasteiger partial charge in [-0.05, 0) is 13.0 Å². The average Bonchev–Trinajstić information content (AvgIpc) is 2.68. The van der Waals surface area contributed by atoms with E-state index in [9.17, 15) is 8.42 Å². The summed E-state index contributed by atoms with van der Waals surface area (Å²) in [6.07, 6.45) is 4.25. The van der Waals surface area contributed by atoms with Gasteiger partial charge in [-0.1, -0.05) is 0 Å². The molecule has 1 aromatic rings. The highest BCUT2D eigenvalue weighted by Crippen LogP contribution is 2.08. The topological polar surface area (TPSA) is 81.4 Å².